The van der Waals surface area contributed by atoms with Crippen molar-refractivity contribution in [1.82, 2.24) is 19.5 Å². The Morgan fingerprint density at radius 3 is 1.87 bits per heavy atom. The fraction of sp³-hybridized carbons (Fsp3) is 0. The fourth-order valence-corrected chi connectivity index (χ4v) is 7.91. The first-order chi connectivity index (χ1) is 26.8. The van der Waals surface area contributed by atoms with Gasteiger partial charge in [0.15, 0.2) is 17.5 Å². The van der Waals surface area contributed by atoms with Crippen molar-refractivity contribution in [3.8, 4) is 51.0 Å². The van der Waals surface area contributed by atoms with Gasteiger partial charge in [0.05, 0.1) is 16.6 Å². The molecule has 11 aromatic rings. The molecule has 252 valence electrons. The number of fused-ring (bicyclic) bond motifs is 7. The molecule has 5 nitrogen and oxygen atoms in total. The average Bonchev–Trinajstić information content (AvgIpc) is 3.80. The predicted molar refractivity (Wildman–Crippen MR) is 221 cm³/mol. The molecule has 5 heteroatoms. The Morgan fingerprint density at radius 1 is 0.389 bits per heavy atom. The van der Waals surface area contributed by atoms with Crippen molar-refractivity contribution in [2.45, 2.75) is 0 Å². The molecule has 0 aliphatic rings. The van der Waals surface area contributed by atoms with E-state index in [1.54, 1.807) is 0 Å². The van der Waals surface area contributed by atoms with Crippen LogP contribution >= 0.6 is 0 Å². The largest absolute Gasteiger partial charge is 0.455 e. The molecular weight excluding hydrogens is 661 g/mol. The summed E-state index contributed by atoms with van der Waals surface area (Å²) in [4.78, 5) is 15.7. The van der Waals surface area contributed by atoms with Crippen LogP contribution in [0.15, 0.2) is 186 Å². The summed E-state index contributed by atoms with van der Waals surface area (Å²) in [5.74, 6) is 1.75. The number of rotatable bonds is 5. The normalized spacial score (nSPS) is 11.7. The van der Waals surface area contributed by atoms with E-state index in [4.69, 9.17) is 19.4 Å². The van der Waals surface area contributed by atoms with E-state index < -0.39 is 0 Å². The van der Waals surface area contributed by atoms with Crippen molar-refractivity contribution >= 4 is 54.5 Å². The summed E-state index contributed by atoms with van der Waals surface area (Å²) in [5, 5.41) is 6.76. The van der Waals surface area contributed by atoms with Crippen molar-refractivity contribution in [1.29, 1.82) is 0 Å². The quantitative estimate of drug-likeness (QED) is 0.180. The maximum absolute atomic E-state index is 6.50. The van der Waals surface area contributed by atoms with Gasteiger partial charge in [-0.05, 0) is 64.4 Å². The molecule has 3 aromatic heterocycles. The van der Waals surface area contributed by atoms with Gasteiger partial charge >= 0.3 is 0 Å². The van der Waals surface area contributed by atoms with Gasteiger partial charge in [0.2, 0.25) is 0 Å². The number of nitrogens with zero attached hydrogens (tertiary/aromatic N) is 4. The molecule has 0 fully saturated rings. The lowest BCUT2D eigenvalue weighted by Crippen LogP contribution is -2.01. The molecule has 0 radical (unpaired) electrons. The molecule has 0 N–H and O–H groups in total. The van der Waals surface area contributed by atoms with Gasteiger partial charge in [0.1, 0.15) is 11.2 Å². The lowest BCUT2D eigenvalue weighted by Gasteiger charge is -2.11. The van der Waals surface area contributed by atoms with Crippen molar-refractivity contribution in [2.24, 2.45) is 0 Å². The highest BCUT2D eigenvalue weighted by Gasteiger charge is 2.21. The highest BCUT2D eigenvalue weighted by Crippen LogP contribution is 2.40. The van der Waals surface area contributed by atoms with E-state index >= 15 is 0 Å². The summed E-state index contributed by atoms with van der Waals surface area (Å²) in [6, 6.07) is 63.3. The molecule has 8 aromatic carbocycles. The predicted octanol–water partition coefficient (Wildman–Crippen LogP) is 12.7. The van der Waals surface area contributed by atoms with Crippen LogP contribution in [0.5, 0.6) is 0 Å². The highest BCUT2D eigenvalue weighted by atomic mass is 16.3. The second-order valence-corrected chi connectivity index (χ2v) is 13.6. The standard InChI is InChI=1S/C49H30N4O/c1-2-14-36(15-3-1)53-42-21-8-6-17-39(42)45-40(19-11-22-43(45)53)48-50-47(33-27-24-32(25-28-33)35-29-26-31-12-4-5-13-34(31)30-35)51-49(52-48)41-20-10-18-38-37-16-7-9-23-44(37)54-46(38)41/h1-30H. The van der Waals surface area contributed by atoms with E-state index in [1.807, 2.05) is 30.3 Å². The van der Waals surface area contributed by atoms with E-state index in [9.17, 15) is 0 Å². The van der Waals surface area contributed by atoms with Crippen LogP contribution in [0, 0.1) is 0 Å². The molecule has 11 rings (SSSR count). The van der Waals surface area contributed by atoms with Gasteiger partial charge in [-0.15, -0.1) is 0 Å². The smallest absolute Gasteiger partial charge is 0.167 e. The monoisotopic (exact) mass is 690 g/mol. The molecule has 0 saturated carbocycles. The summed E-state index contributed by atoms with van der Waals surface area (Å²) < 4.78 is 8.82. The van der Waals surface area contributed by atoms with E-state index in [1.165, 1.54) is 10.8 Å². The number of hydrogen-bond acceptors (Lipinski definition) is 4. The zero-order valence-electron chi connectivity index (χ0n) is 29.0. The Balaban J connectivity index is 1.14. The highest BCUT2D eigenvalue weighted by molar-refractivity contribution is 6.15. The number of furan rings is 1. The van der Waals surface area contributed by atoms with Gasteiger partial charge in [-0.2, -0.15) is 0 Å². The second-order valence-electron chi connectivity index (χ2n) is 13.6. The van der Waals surface area contributed by atoms with Crippen LogP contribution in [0.2, 0.25) is 0 Å². The number of hydrogen-bond donors (Lipinski definition) is 0. The maximum atomic E-state index is 6.50. The summed E-state index contributed by atoms with van der Waals surface area (Å²) in [7, 11) is 0. The number of aromatic nitrogens is 4. The third kappa shape index (κ3) is 4.83. The molecule has 0 aliphatic carbocycles. The SMILES string of the molecule is c1ccc(-n2c3ccccc3c3c(-c4nc(-c5ccc(-c6ccc7ccccc7c6)cc5)nc(-c5cccc6c5oc5ccccc56)n4)cccc32)cc1. The van der Waals surface area contributed by atoms with Crippen LogP contribution in [0.1, 0.15) is 0 Å². The number of para-hydroxylation sites is 4. The maximum Gasteiger partial charge on any atom is 0.167 e. The zero-order valence-corrected chi connectivity index (χ0v) is 29.0. The Labute approximate surface area is 310 Å². The van der Waals surface area contributed by atoms with Gasteiger partial charge in [0, 0.05) is 38.4 Å². The minimum Gasteiger partial charge on any atom is -0.455 e. The van der Waals surface area contributed by atoms with Crippen LogP contribution in [0.3, 0.4) is 0 Å². The minimum absolute atomic E-state index is 0.557. The minimum atomic E-state index is 0.557. The van der Waals surface area contributed by atoms with Crippen molar-refractivity contribution in [2.75, 3.05) is 0 Å². The molecule has 0 spiro atoms. The van der Waals surface area contributed by atoms with Gasteiger partial charge in [-0.25, -0.2) is 15.0 Å². The van der Waals surface area contributed by atoms with E-state index in [2.05, 4.69) is 156 Å². The van der Waals surface area contributed by atoms with E-state index in [-0.39, 0.29) is 0 Å². The zero-order chi connectivity index (χ0) is 35.6. The van der Waals surface area contributed by atoms with E-state index in [0.717, 1.165) is 77.2 Å². The first kappa shape index (κ1) is 30.3. The molecule has 0 bridgehead atoms. The fourth-order valence-electron chi connectivity index (χ4n) is 7.91. The second kappa shape index (κ2) is 12.1. The summed E-state index contributed by atoms with van der Waals surface area (Å²) >= 11 is 0. The number of benzene rings is 8. The third-order valence-electron chi connectivity index (χ3n) is 10.5. The Hall–Kier alpha value is -7.37. The van der Waals surface area contributed by atoms with Crippen LogP contribution in [-0.4, -0.2) is 19.5 Å². The van der Waals surface area contributed by atoms with Crippen LogP contribution in [-0.2, 0) is 0 Å². The summed E-state index contributed by atoms with van der Waals surface area (Å²) in [6.07, 6.45) is 0. The molecule has 0 atom stereocenters. The van der Waals surface area contributed by atoms with Crippen LogP contribution < -0.4 is 0 Å². The van der Waals surface area contributed by atoms with Crippen molar-refractivity contribution in [3.05, 3.63) is 182 Å². The Bertz CT molecular complexity index is 3210. The molecule has 0 aliphatic heterocycles. The first-order valence-corrected chi connectivity index (χ1v) is 18.1. The van der Waals surface area contributed by atoms with Gasteiger partial charge in [-0.3, -0.25) is 0 Å². The van der Waals surface area contributed by atoms with Gasteiger partial charge in [0.25, 0.3) is 0 Å². The molecular formula is C49H30N4O. The molecule has 0 amide bonds. The van der Waals surface area contributed by atoms with Crippen molar-refractivity contribution in [3.63, 3.8) is 0 Å². The van der Waals surface area contributed by atoms with Crippen LogP contribution in [0.4, 0.5) is 0 Å². The first-order valence-electron chi connectivity index (χ1n) is 18.1. The average molecular weight is 691 g/mol. The van der Waals surface area contributed by atoms with Crippen molar-refractivity contribution < 1.29 is 4.42 Å². The summed E-state index contributed by atoms with van der Waals surface area (Å²) in [6.45, 7) is 0. The topological polar surface area (TPSA) is 56.7 Å². The molecule has 3 heterocycles. The third-order valence-corrected chi connectivity index (χ3v) is 10.5. The van der Waals surface area contributed by atoms with Gasteiger partial charge in [-0.1, -0.05) is 140 Å². The van der Waals surface area contributed by atoms with E-state index in [0.29, 0.717) is 17.5 Å². The Kier molecular flexibility index (Phi) is 6.79. The van der Waals surface area contributed by atoms with Crippen LogP contribution in [0.25, 0.3) is 105 Å². The molecule has 0 saturated heterocycles. The summed E-state index contributed by atoms with van der Waals surface area (Å²) in [5.41, 5.74) is 9.85. The lowest BCUT2D eigenvalue weighted by atomic mass is 10.00. The molecule has 54 heavy (non-hydrogen) atoms. The van der Waals surface area contributed by atoms with Gasteiger partial charge < -0.3 is 8.98 Å². The Morgan fingerprint density at radius 2 is 1.00 bits per heavy atom. The lowest BCUT2D eigenvalue weighted by molar-refractivity contribution is 0.669. The molecule has 0 unspecified atom stereocenters.